The first-order valence-corrected chi connectivity index (χ1v) is 7.85. The number of aliphatic hydroxyl groups is 1. The van der Waals surface area contributed by atoms with Crippen LogP contribution in [0.25, 0.3) is 0 Å². The highest BCUT2D eigenvalue weighted by molar-refractivity contribution is 5.85. The van der Waals surface area contributed by atoms with Crippen LogP contribution in [0, 0.1) is 5.92 Å². The van der Waals surface area contributed by atoms with Gasteiger partial charge in [-0.1, -0.05) is 0 Å². The van der Waals surface area contributed by atoms with Crippen LogP contribution in [0.4, 0.5) is 5.95 Å². The number of aliphatic hydroxyl groups excluding tert-OH is 1. The molecule has 23 heavy (non-hydrogen) atoms. The Hall–Kier alpha value is -1.44. The zero-order valence-electron chi connectivity index (χ0n) is 13.0. The number of hydrogen-bond acceptors (Lipinski definition) is 6. The number of likely N-dealkylation sites (tertiary alicyclic amines) is 1. The molecule has 5 N–H and O–H groups in total. The highest BCUT2D eigenvalue weighted by atomic mass is 35.5. The van der Waals surface area contributed by atoms with Gasteiger partial charge in [0.1, 0.15) is 0 Å². The van der Waals surface area contributed by atoms with Crippen molar-refractivity contribution in [3.05, 3.63) is 18.0 Å². The molecule has 128 valence electrons. The molecule has 1 aliphatic carbocycles. The summed E-state index contributed by atoms with van der Waals surface area (Å²) in [4.78, 5) is 22.6. The lowest BCUT2D eigenvalue weighted by molar-refractivity contribution is -0.136. The summed E-state index contributed by atoms with van der Waals surface area (Å²) in [6.45, 7) is 1.44. The maximum Gasteiger partial charge on any atom is 0.225 e. The van der Waals surface area contributed by atoms with E-state index in [9.17, 15) is 9.90 Å². The number of nitrogen functional groups attached to an aromatic ring is 1. The third-order valence-corrected chi connectivity index (χ3v) is 4.85. The molecule has 1 aliphatic heterocycles. The van der Waals surface area contributed by atoms with Crippen LogP contribution < -0.4 is 11.5 Å². The van der Waals surface area contributed by atoms with E-state index in [0.717, 1.165) is 31.6 Å². The number of piperidine rings is 1. The van der Waals surface area contributed by atoms with Gasteiger partial charge in [0.2, 0.25) is 11.9 Å². The first-order chi connectivity index (χ1) is 10.5. The summed E-state index contributed by atoms with van der Waals surface area (Å²) >= 11 is 0. The maximum atomic E-state index is 12.5. The number of carbonyl (C=O) groups excluding carboxylic acids is 1. The summed E-state index contributed by atoms with van der Waals surface area (Å²) in [5.74, 6) is 0.625. The highest BCUT2D eigenvalue weighted by Crippen LogP contribution is 2.31. The Labute approximate surface area is 141 Å². The van der Waals surface area contributed by atoms with E-state index in [1.54, 1.807) is 6.20 Å². The molecule has 2 aliphatic rings. The van der Waals surface area contributed by atoms with Gasteiger partial charge in [-0.05, 0) is 31.7 Å². The summed E-state index contributed by atoms with van der Waals surface area (Å²) in [5, 5.41) is 9.71. The van der Waals surface area contributed by atoms with Crippen molar-refractivity contribution in [2.45, 2.75) is 43.7 Å². The van der Waals surface area contributed by atoms with E-state index in [2.05, 4.69) is 9.97 Å². The summed E-state index contributed by atoms with van der Waals surface area (Å²) in [6, 6.07) is 1.63. The van der Waals surface area contributed by atoms with Crippen molar-refractivity contribution in [2.24, 2.45) is 11.7 Å². The fourth-order valence-corrected chi connectivity index (χ4v) is 3.52. The van der Waals surface area contributed by atoms with E-state index in [1.165, 1.54) is 0 Å². The van der Waals surface area contributed by atoms with Gasteiger partial charge in [-0.2, -0.15) is 0 Å². The molecule has 8 heteroatoms. The number of hydrogen-bond donors (Lipinski definition) is 3. The molecule has 1 amide bonds. The lowest BCUT2D eigenvalue weighted by Gasteiger charge is -2.33. The second-order valence-corrected chi connectivity index (χ2v) is 6.34. The monoisotopic (exact) mass is 341 g/mol. The van der Waals surface area contributed by atoms with Gasteiger partial charge in [0.25, 0.3) is 0 Å². The van der Waals surface area contributed by atoms with Crippen molar-refractivity contribution < 1.29 is 9.90 Å². The zero-order valence-corrected chi connectivity index (χ0v) is 13.8. The smallest absolute Gasteiger partial charge is 0.225 e. The molecule has 3 atom stereocenters. The molecular formula is C15H24ClN5O2. The molecule has 2 fully saturated rings. The van der Waals surface area contributed by atoms with Gasteiger partial charge in [-0.3, -0.25) is 4.79 Å². The number of nitrogens with zero attached hydrogens (tertiary/aromatic N) is 3. The van der Waals surface area contributed by atoms with Crippen molar-refractivity contribution in [3.8, 4) is 0 Å². The van der Waals surface area contributed by atoms with Gasteiger partial charge < -0.3 is 21.5 Å². The Morgan fingerprint density at radius 2 is 2.00 bits per heavy atom. The average molecular weight is 342 g/mol. The van der Waals surface area contributed by atoms with Gasteiger partial charge in [-0.25, -0.2) is 9.97 Å². The summed E-state index contributed by atoms with van der Waals surface area (Å²) < 4.78 is 0. The van der Waals surface area contributed by atoms with Crippen molar-refractivity contribution >= 4 is 24.3 Å². The second kappa shape index (κ2) is 7.42. The molecule has 0 radical (unpaired) electrons. The summed E-state index contributed by atoms with van der Waals surface area (Å²) in [5.41, 5.74) is 12.4. The van der Waals surface area contributed by atoms with Crippen LogP contribution in [0.3, 0.4) is 0 Å². The van der Waals surface area contributed by atoms with Crippen LogP contribution >= 0.6 is 12.4 Å². The molecular weight excluding hydrogens is 318 g/mol. The third-order valence-electron chi connectivity index (χ3n) is 4.85. The quantitative estimate of drug-likeness (QED) is 0.711. The number of amides is 1. The largest absolute Gasteiger partial charge is 0.391 e. The molecule has 0 unspecified atom stereocenters. The van der Waals surface area contributed by atoms with Gasteiger partial charge in [0, 0.05) is 42.9 Å². The van der Waals surface area contributed by atoms with Crippen LogP contribution in [-0.4, -0.2) is 51.1 Å². The Bertz CT molecular complexity index is 540. The standard InChI is InChI=1S/C15H23N5O2.ClH/c16-11-7-10(8-13(11)21)14(22)20-5-2-9(3-6-20)12-1-4-18-15(17)19-12;/h1,4,9-11,13,21H,2-3,5-8,16H2,(H2,17,18,19);1H/t10-,11-,13-;/m0./s1. The summed E-state index contributed by atoms with van der Waals surface area (Å²) in [6.07, 6.45) is 3.96. The number of carbonyl (C=O) groups is 1. The number of halogens is 1. The van der Waals surface area contributed by atoms with Crippen molar-refractivity contribution in [1.29, 1.82) is 0 Å². The van der Waals surface area contributed by atoms with Crippen LogP contribution in [-0.2, 0) is 4.79 Å². The molecule has 1 aromatic heterocycles. The van der Waals surface area contributed by atoms with Gasteiger partial charge in [0.15, 0.2) is 0 Å². The molecule has 1 saturated heterocycles. The topological polar surface area (TPSA) is 118 Å². The predicted octanol–water partition coefficient (Wildman–Crippen LogP) is 0.285. The normalized spacial score (nSPS) is 28.4. The van der Waals surface area contributed by atoms with Crippen molar-refractivity contribution in [2.75, 3.05) is 18.8 Å². The Morgan fingerprint density at radius 1 is 1.30 bits per heavy atom. The summed E-state index contributed by atoms with van der Waals surface area (Å²) in [7, 11) is 0. The Morgan fingerprint density at radius 3 is 2.57 bits per heavy atom. The Balaban J connectivity index is 0.00000192. The van der Waals surface area contributed by atoms with E-state index >= 15 is 0 Å². The SMILES string of the molecule is Cl.Nc1nccc(C2CCN(C(=O)[C@H]3C[C@H](N)[C@@H](O)C3)CC2)n1. The molecule has 0 bridgehead atoms. The van der Waals surface area contributed by atoms with E-state index in [0.29, 0.717) is 24.7 Å². The minimum Gasteiger partial charge on any atom is -0.391 e. The van der Waals surface area contributed by atoms with Gasteiger partial charge >= 0.3 is 0 Å². The average Bonchev–Trinajstić information content (AvgIpc) is 2.86. The fourth-order valence-electron chi connectivity index (χ4n) is 3.52. The van der Waals surface area contributed by atoms with E-state index < -0.39 is 6.10 Å². The predicted molar refractivity (Wildman–Crippen MR) is 89.0 cm³/mol. The third kappa shape index (κ3) is 3.91. The number of nitrogens with two attached hydrogens (primary N) is 2. The van der Waals surface area contributed by atoms with Crippen LogP contribution in [0.5, 0.6) is 0 Å². The minimum absolute atomic E-state index is 0. The molecule has 0 aromatic carbocycles. The first-order valence-electron chi connectivity index (χ1n) is 7.85. The van der Waals surface area contributed by atoms with Crippen LogP contribution in [0.2, 0.25) is 0 Å². The zero-order chi connectivity index (χ0) is 15.7. The molecule has 1 saturated carbocycles. The van der Waals surface area contributed by atoms with Crippen molar-refractivity contribution in [1.82, 2.24) is 14.9 Å². The molecule has 3 rings (SSSR count). The second-order valence-electron chi connectivity index (χ2n) is 6.34. The maximum absolute atomic E-state index is 12.5. The van der Waals surface area contributed by atoms with Crippen molar-refractivity contribution in [3.63, 3.8) is 0 Å². The van der Waals surface area contributed by atoms with E-state index in [-0.39, 0.29) is 30.3 Å². The van der Waals surface area contributed by atoms with E-state index in [4.69, 9.17) is 11.5 Å². The first kappa shape index (κ1) is 17.9. The number of aromatic nitrogens is 2. The number of anilines is 1. The molecule has 1 aromatic rings. The lowest BCUT2D eigenvalue weighted by atomic mass is 9.92. The Kier molecular flexibility index (Phi) is 5.78. The van der Waals surface area contributed by atoms with E-state index in [1.807, 2.05) is 11.0 Å². The molecule has 0 spiro atoms. The van der Waals surface area contributed by atoms with Crippen LogP contribution in [0.15, 0.2) is 12.3 Å². The molecule has 7 nitrogen and oxygen atoms in total. The fraction of sp³-hybridized carbons (Fsp3) is 0.667. The van der Waals surface area contributed by atoms with Crippen LogP contribution in [0.1, 0.15) is 37.3 Å². The minimum atomic E-state index is -0.546. The number of rotatable bonds is 2. The lowest BCUT2D eigenvalue weighted by Crippen LogP contribution is -2.41. The molecule has 2 heterocycles. The van der Waals surface area contributed by atoms with Gasteiger partial charge in [0.05, 0.1) is 6.10 Å². The highest BCUT2D eigenvalue weighted by Gasteiger charge is 2.37. The van der Waals surface area contributed by atoms with Gasteiger partial charge in [-0.15, -0.1) is 12.4 Å².